The van der Waals surface area contributed by atoms with Gasteiger partial charge in [0.1, 0.15) is 5.75 Å². The van der Waals surface area contributed by atoms with Crippen LogP contribution in [-0.2, 0) is 24.2 Å². The molecule has 0 heterocycles. The molecule has 4 nitrogen and oxygen atoms in total. The van der Waals surface area contributed by atoms with Gasteiger partial charge in [-0.2, -0.15) is 0 Å². The molecule has 0 aliphatic heterocycles. The molecule has 0 spiro atoms. The highest BCUT2D eigenvalue weighted by atomic mass is 16.5. The summed E-state index contributed by atoms with van der Waals surface area (Å²) in [6, 6.07) is 15.4. The summed E-state index contributed by atoms with van der Waals surface area (Å²) in [5.41, 5.74) is 2.98. The molecule has 0 bridgehead atoms. The van der Waals surface area contributed by atoms with Gasteiger partial charge >= 0.3 is 0 Å². The van der Waals surface area contributed by atoms with Gasteiger partial charge in [-0.1, -0.05) is 36.4 Å². The quantitative estimate of drug-likeness (QED) is 0.784. The van der Waals surface area contributed by atoms with E-state index < -0.39 is 0 Å². The van der Waals surface area contributed by atoms with E-state index in [1.165, 1.54) is 0 Å². The van der Waals surface area contributed by atoms with Gasteiger partial charge in [-0.15, -0.1) is 0 Å². The molecule has 0 unspecified atom stereocenters. The first-order valence-corrected chi connectivity index (χ1v) is 8.28. The van der Waals surface area contributed by atoms with Crippen LogP contribution in [-0.4, -0.2) is 23.7 Å². The minimum Gasteiger partial charge on any atom is -0.491 e. The standard InChI is InChI=1S/C20H25NO3/c1-15(2)24-19-5-3-4-18(12-19)13-20(23)21-11-10-16-6-8-17(14-22)9-7-16/h3-9,12,15,22H,10-11,13-14H2,1-2H3,(H,21,23). The molecular formula is C20H25NO3. The molecular weight excluding hydrogens is 302 g/mol. The van der Waals surface area contributed by atoms with Gasteiger partial charge < -0.3 is 15.2 Å². The summed E-state index contributed by atoms with van der Waals surface area (Å²) in [6.07, 6.45) is 1.23. The van der Waals surface area contributed by atoms with Gasteiger partial charge in [0.2, 0.25) is 5.91 Å². The Morgan fingerprint density at radius 2 is 1.79 bits per heavy atom. The van der Waals surface area contributed by atoms with Crippen LogP contribution in [0, 0.1) is 0 Å². The van der Waals surface area contributed by atoms with E-state index >= 15 is 0 Å². The van der Waals surface area contributed by atoms with E-state index in [0.717, 1.165) is 28.9 Å². The van der Waals surface area contributed by atoms with Crippen molar-refractivity contribution in [2.75, 3.05) is 6.54 Å². The van der Waals surface area contributed by atoms with Crippen LogP contribution >= 0.6 is 0 Å². The first kappa shape index (κ1) is 18.0. The molecule has 0 atom stereocenters. The number of carbonyl (C=O) groups is 1. The molecule has 0 radical (unpaired) electrons. The van der Waals surface area contributed by atoms with E-state index in [4.69, 9.17) is 9.84 Å². The molecule has 0 saturated carbocycles. The number of hydrogen-bond acceptors (Lipinski definition) is 3. The Bertz CT molecular complexity index is 650. The molecule has 2 aromatic rings. The maximum absolute atomic E-state index is 12.1. The van der Waals surface area contributed by atoms with Gasteiger partial charge in [0.15, 0.2) is 0 Å². The van der Waals surface area contributed by atoms with Gasteiger partial charge in [0.05, 0.1) is 19.1 Å². The Morgan fingerprint density at radius 3 is 2.46 bits per heavy atom. The van der Waals surface area contributed by atoms with E-state index in [0.29, 0.717) is 13.0 Å². The Kier molecular flexibility index (Phi) is 6.82. The third-order valence-corrected chi connectivity index (χ3v) is 3.58. The first-order valence-electron chi connectivity index (χ1n) is 8.28. The molecule has 0 saturated heterocycles. The van der Waals surface area contributed by atoms with Crippen molar-refractivity contribution in [1.29, 1.82) is 0 Å². The van der Waals surface area contributed by atoms with Crippen molar-refractivity contribution >= 4 is 5.91 Å². The lowest BCUT2D eigenvalue weighted by molar-refractivity contribution is -0.120. The van der Waals surface area contributed by atoms with Crippen LogP contribution in [0.3, 0.4) is 0 Å². The summed E-state index contributed by atoms with van der Waals surface area (Å²) < 4.78 is 5.64. The molecule has 2 rings (SSSR count). The molecule has 4 heteroatoms. The van der Waals surface area contributed by atoms with Crippen LogP contribution in [0.15, 0.2) is 48.5 Å². The molecule has 24 heavy (non-hydrogen) atoms. The molecule has 2 aromatic carbocycles. The van der Waals surface area contributed by atoms with Crippen molar-refractivity contribution in [3.63, 3.8) is 0 Å². The summed E-state index contributed by atoms with van der Waals surface area (Å²) in [4.78, 5) is 12.1. The Morgan fingerprint density at radius 1 is 1.08 bits per heavy atom. The van der Waals surface area contributed by atoms with Crippen molar-refractivity contribution in [2.45, 2.75) is 39.4 Å². The average Bonchev–Trinajstić information content (AvgIpc) is 2.55. The number of hydrogen-bond donors (Lipinski definition) is 2. The van der Waals surface area contributed by atoms with E-state index in [2.05, 4.69) is 5.32 Å². The summed E-state index contributed by atoms with van der Waals surface area (Å²) in [6.45, 7) is 4.61. The second kappa shape index (κ2) is 9.08. The number of benzene rings is 2. The topological polar surface area (TPSA) is 58.6 Å². The van der Waals surface area contributed by atoms with Crippen LogP contribution in [0.4, 0.5) is 0 Å². The minimum atomic E-state index is 0.00340. The summed E-state index contributed by atoms with van der Waals surface area (Å²) in [5.74, 6) is 0.794. The molecule has 0 aliphatic rings. The van der Waals surface area contributed by atoms with Crippen molar-refractivity contribution in [3.05, 3.63) is 65.2 Å². The molecule has 0 aromatic heterocycles. The zero-order valence-corrected chi connectivity index (χ0v) is 14.3. The SMILES string of the molecule is CC(C)Oc1cccc(CC(=O)NCCc2ccc(CO)cc2)c1. The normalized spacial score (nSPS) is 10.7. The van der Waals surface area contributed by atoms with Crippen molar-refractivity contribution in [2.24, 2.45) is 0 Å². The van der Waals surface area contributed by atoms with Gasteiger partial charge in [-0.3, -0.25) is 4.79 Å². The zero-order chi connectivity index (χ0) is 17.4. The van der Waals surface area contributed by atoms with Crippen LogP contribution in [0.5, 0.6) is 5.75 Å². The number of amides is 1. The van der Waals surface area contributed by atoms with Gasteiger partial charge in [-0.25, -0.2) is 0 Å². The van der Waals surface area contributed by atoms with Crippen molar-refractivity contribution < 1.29 is 14.6 Å². The number of aliphatic hydroxyl groups excluding tert-OH is 1. The molecule has 0 fully saturated rings. The Hall–Kier alpha value is -2.33. The second-order valence-electron chi connectivity index (χ2n) is 6.07. The average molecular weight is 327 g/mol. The molecule has 2 N–H and O–H groups in total. The van der Waals surface area contributed by atoms with E-state index in [-0.39, 0.29) is 18.6 Å². The minimum absolute atomic E-state index is 0.00340. The summed E-state index contributed by atoms with van der Waals surface area (Å²) in [5, 5.41) is 12.0. The van der Waals surface area contributed by atoms with Crippen LogP contribution in [0.25, 0.3) is 0 Å². The van der Waals surface area contributed by atoms with Crippen LogP contribution in [0.2, 0.25) is 0 Å². The first-order chi connectivity index (χ1) is 11.6. The molecule has 1 amide bonds. The fourth-order valence-corrected chi connectivity index (χ4v) is 2.41. The predicted molar refractivity (Wildman–Crippen MR) is 95.0 cm³/mol. The predicted octanol–water partition coefficient (Wildman–Crippen LogP) is 2.87. The van der Waals surface area contributed by atoms with Gasteiger partial charge in [0, 0.05) is 6.54 Å². The summed E-state index contributed by atoms with van der Waals surface area (Å²) in [7, 11) is 0. The molecule has 128 valence electrons. The second-order valence-corrected chi connectivity index (χ2v) is 6.07. The maximum atomic E-state index is 12.1. The van der Waals surface area contributed by atoms with Crippen molar-refractivity contribution in [3.8, 4) is 5.75 Å². The number of carbonyl (C=O) groups excluding carboxylic acids is 1. The molecule has 0 aliphatic carbocycles. The highest BCUT2D eigenvalue weighted by Gasteiger charge is 2.05. The smallest absolute Gasteiger partial charge is 0.224 e. The largest absolute Gasteiger partial charge is 0.491 e. The third kappa shape index (κ3) is 6.05. The van der Waals surface area contributed by atoms with Crippen molar-refractivity contribution in [1.82, 2.24) is 5.32 Å². The zero-order valence-electron chi connectivity index (χ0n) is 14.3. The third-order valence-electron chi connectivity index (χ3n) is 3.58. The monoisotopic (exact) mass is 327 g/mol. The lowest BCUT2D eigenvalue weighted by Crippen LogP contribution is -2.27. The summed E-state index contributed by atoms with van der Waals surface area (Å²) >= 11 is 0. The van der Waals surface area contributed by atoms with Crippen LogP contribution in [0.1, 0.15) is 30.5 Å². The fraction of sp³-hybridized carbons (Fsp3) is 0.350. The number of aliphatic hydroxyl groups is 1. The lowest BCUT2D eigenvalue weighted by Gasteiger charge is -2.11. The van der Waals surface area contributed by atoms with E-state index in [1.807, 2.05) is 62.4 Å². The lowest BCUT2D eigenvalue weighted by atomic mass is 10.1. The van der Waals surface area contributed by atoms with Crippen LogP contribution < -0.4 is 10.1 Å². The maximum Gasteiger partial charge on any atom is 0.224 e. The number of rotatable bonds is 8. The highest BCUT2D eigenvalue weighted by molar-refractivity contribution is 5.78. The highest BCUT2D eigenvalue weighted by Crippen LogP contribution is 2.15. The Balaban J connectivity index is 1.78. The van der Waals surface area contributed by atoms with E-state index in [9.17, 15) is 4.79 Å². The number of nitrogens with one attached hydrogen (secondary N) is 1. The fourth-order valence-electron chi connectivity index (χ4n) is 2.41. The van der Waals surface area contributed by atoms with Gasteiger partial charge in [0.25, 0.3) is 0 Å². The van der Waals surface area contributed by atoms with Gasteiger partial charge in [-0.05, 0) is 49.1 Å². The van der Waals surface area contributed by atoms with E-state index in [1.54, 1.807) is 0 Å². The number of ether oxygens (including phenoxy) is 1. The Labute approximate surface area is 143 Å².